The summed E-state index contributed by atoms with van der Waals surface area (Å²) in [4.78, 5) is 42.1. The molecule has 1 fully saturated rings. The van der Waals surface area contributed by atoms with Crippen LogP contribution in [0.4, 0.5) is 0 Å². The molecule has 0 bridgehead atoms. The fourth-order valence-corrected chi connectivity index (χ4v) is 4.47. The molecule has 2 aromatic rings. The number of aromatic nitrogens is 1. The van der Waals surface area contributed by atoms with Crippen LogP contribution in [0.3, 0.4) is 0 Å². The van der Waals surface area contributed by atoms with E-state index in [2.05, 4.69) is 13.8 Å². The number of fused-ring (bicyclic) bond motifs is 1. The van der Waals surface area contributed by atoms with Gasteiger partial charge in [0.15, 0.2) is 0 Å². The molecule has 1 aromatic heterocycles. The third-order valence-corrected chi connectivity index (χ3v) is 6.07. The molecule has 156 valence electrons. The second-order valence-electron chi connectivity index (χ2n) is 7.92. The van der Waals surface area contributed by atoms with Gasteiger partial charge >= 0.3 is 0 Å². The van der Waals surface area contributed by atoms with Gasteiger partial charge in [-0.05, 0) is 53.0 Å². The van der Waals surface area contributed by atoms with Gasteiger partial charge in [-0.25, -0.2) is 0 Å². The summed E-state index contributed by atoms with van der Waals surface area (Å²) in [5, 5.41) is 0.713. The lowest BCUT2D eigenvalue weighted by atomic mass is 9.97. The standard InChI is InChI=1S/C23H31N3O3/c1-5-24(6-2)23(29)22(28)19-14-25(20-13-8-7-12-18(19)20)15-21(27)26-16(3)10-9-11-17(26)4/h7-8,12-14,16-17H,5-6,9-11,15H2,1-4H3. The number of rotatable bonds is 6. The Bertz CT molecular complexity index is 903. The summed E-state index contributed by atoms with van der Waals surface area (Å²) >= 11 is 0. The lowest BCUT2D eigenvalue weighted by Crippen LogP contribution is -2.48. The Balaban J connectivity index is 1.93. The molecule has 2 unspecified atom stereocenters. The number of para-hydroxylation sites is 1. The Morgan fingerprint density at radius 3 is 2.28 bits per heavy atom. The van der Waals surface area contributed by atoms with Gasteiger partial charge in [-0.1, -0.05) is 18.2 Å². The van der Waals surface area contributed by atoms with E-state index < -0.39 is 11.7 Å². The van der Waals surface area contributed by atoms with E-state index >= 15 is 0 Å². The summed E-state index contributed by atoms with van der Waals surface area (Å²) in [7, 11) is 0. The number of hydrogen-bond acceptors (Lipinski definition) is 3. The van der Waals surface area contributed by atoms with Gasteiger partial charge in [0.25, 0.3) is 11.7 Å². The molecule has 1 aromatic carbocycles. The van der Waals surface area contributed by atoms with Crippen molar-refractivity contribution < 1.29 is 14.4 Å². The SMILES string of the molecule is CCN(CC)C(=O)C(=O)c1cn(CC(=O)N2C(C)CCCC2C)c2ccccc12. The second kappa shape index (κ2) is 8.80. The fourth-order valence-electron chi connectivity index (χ4n) is 4.47. The molecule has 0 N–H and O–H groups in total. The molecule has 2 heterocycles. The number of ketones is 1. The number of hydrogen-bond donors (Lipinski definition) is 0. The van der Waals surface area contributed by atoms with E-state index in [0.717, 1.165) is 24.8 Å². The summed E-state index contributed by atoms with van der Waals surface area (Å²) in [6.07, 6.45) is 4.85. The molecule has 0 aliphatic carbocycles. The first-order chi connectivity index (χ1) is 13.9. The van der Waals surface area contributed by atoms with Crippen LogP contribution in [0.15, 0.2) is 30.5 Å². The van der Waals surface area contributed by atoms with Crippen LogP contribution in [0, 0.1) is 0 Å². The Morgan fingerprint density at radius 2 is 1.66 bits per heavy atom. The highest BCUT2D eigenvalue weighted by Gasteiger charge is 2.30. The van der Waals surface area contributed by atoms with Crippen LogP contribution in [0.1, 0.15) is 57.3 Å². The van der Waals surface area contributed by atoms with Crippen LogP contribution < -0.4 is 0 Å². The molecule has 0 radical (unpaired) electrons. The molecule has 1 aliphatic rings. The number of carbonyl (C=O) groups excluding carboxylic acids is 3. The molecule has 29 heavy (non-hydrogen) atoms. The molecule has 6 heteroatoms. The third kappa shape index (κ3) is 4.07. The van der Waals surface area contributed by atoms with Gasteiger partial charge in [0, 0.05) is 42.3 Å². The zero-order chi connectivity index (χ0) is 21.1. The highest BCUT2D eigenvalue weighted by atomic mass is 16.2. The largest absolute Gasteiger partial charge is 0.337 e. The Kier molecular flexibility index (Phi) is 6.40. The van der Waals surface area contributed by atoms with Crippen molar-refractivity contribution in [2.75, 3.05) is 13.1 Å². The number of nitrogens with zero attached hydrogens (tertiary/aromatic N) is 3. The number of piperidine rings is 1. The van der Waals surface area contributed by atoms with Crippen LogP contribution in [-0.2, 0) is 16.1 Å². The maximum absolute atomic E-state index is 13.1. The topological polar surface area (TPSA) is 62.6 Å². The molecule has 0 spiro atoms. The van der Waals surface area contributed by atoms with E-state index in [9.17, 15) is 14.4 Å². The van der Waals surface area contributed by atoms with Gasteiger partial charge in [-0.3, -0.25) is 14.4 Å². The first kappa shape index (κ1) is 21.1. The molecule has 2 atom stereocenters. The Hall–Kier alpha value is -2.63. The monoisotopic (exact) mass is 397 g/mol. The van der Waals surface area contributed by atoms with E-state index in [0.29, 0.717) is 24.0 Å². The van der Waals surface area contributed by atoms with Gasteiger partial charge < -0.3 is 14.4 Å². The van der Waals surface area contributed by atoms with E-state index in [4.69, 9.17) is 0 Å². The van der Waals surface area contributed by atoms with E-state index in [1.165, 1.54) is 4.90 Å². The van der Waals surface area contributed by atoms with Crippen LogP contribution in [-0.4, -0.2) is 57.1 Å². The summed E-state index contributed by atoms with van der Waals surface area (Å²) in [6, 6.07) is 7.91. The van der Waals surface area contributed by atoms with Gasteiger partial charge in [-0.15, -0.1) is 0 Å². The van der Waals surface area contributed by atoms with E-state index in [1.807, 2.05) is 47.6 Å². The highest BCUT2D eigenvalue weighted by Crippen LogP contribution is 2.26. The van der Waals surface area contributed by atoms with Crippen molar-refractivity contribution in [2.24, 2.45) is 0 Å². The minimum absolute atomic E-state index is 0.0551. The quantitative estimate of drug-likeness (QED) is 0.554. The number of carbonyl (C=O) groups is 3. The fraction of sp³-hybridized carbons (Fsp3) is 0.522. The molecule has 3 rings (SSSR count). The van der Waals surface area contributed by atoms with Crippen molar-refractivity contribution in [3.63, 3.8) is 0 Å². The molecular formula is C23H31N3O3. The Morgan fingerprint density at radius 1 is 1.03 bits per heavy atom. The minimum Gasteiger partial charge on any atom is -0.337 e. The van der Waals surface area contributed by atoms with E-state index in [-0.39, 0.29) is 24.5 Å². The summed E-state index contributed by atoms with van der Waals surface area (Å²) in [5.41, 5.74) is 1.17. The number of likely N-dealkylation sites (N-methyl/N-ethyl adjacent to an activating group) is 1. The van der Waals surface area contributed by atoms with Crippen LogP contribution in [0.25, 0.3) is 10.9 Å². The first-order valence-corrected chi connectivity index (χ1v) is 10.6. The summed E-state index contributed by atoms with van der Waals surface area (Å²) < 4.78 is 1.81. The molecule has 1 aliphatic heterocycles. The van der Waals surface area contributed by atoms with Gasteiger partial charge in [0.1, 0.15) is 6.54 Å². The lowest BCUT2D eigenvalue weighted by molar-refractivity contribution is -0.137. The lowest BCUT2D eigenvalue weighted by Gasteiger charge is -2.39. The predicted molar refractivity (Wildman–Crippen MR) is 114 cm³/mol. The van der Waals surface area contributed by atoms with Crippen LogP contribution >= 0.6 is 0 Å². The van der Waals surface area contributed by atoms with E-state index in [1.54, 1.807) is 6.20 Å². The smallest absolute Gasteiger partial charge is 0.295 e. The average molecular weight is 398 g/mol. The zero-order valence-electron chi connectivity index (χ0n) is 17.9. The predicted octanol–water partition coefficient (Wildman–Crippen LogP) is 3.48. The van der Waals surface area contributed by atoms with Gasteiger partial charge in [0.2, 0.25) is 5.91 Å². The van der Waals surface area contributed by atoms with Crippen molar-refractivity contribution >= 4 is 28.5 Å². The van der Waals surface area contributed by atoms with Crippen molar-refractivity contribution in [2.45, 2.75) is 65.6 Å². The number of benzene rings is 1. The van der Waals surface area contributed by atoms with Crippen LogP contribution in [0.2, 0.25) is 0 Å². The van der Waals surface area contributed by atoms with Crippen molar-refractivity contribution in [3.05, 3.63) is 36.0 Å². The van der Waals surface area contributed by atoms with Gasteiger partial charge in [0.05, 0.1) is 5.56 Å². The molecular weight excluding hydrogens is 366 g/mol. The van der Waals surface area contributed by atoms with Crippen molar-refractivity contribution in [1.82, 2.24) is 14.4 Å². The maximum atomic E-state index is 13.1. The molecule has 2 amide bonds. The second-order valence-corrected chi connectivity index (χ2v) is 7.92. The molecule has 1 saturated heterocycles. The Labute approximate surface area is 172 Å². The highest BCUT2D eigenvalue weighted by molar-refractivity contribution is 6.44. The average Bonchev–Trinajstić information content (AvgIpc) is 3.06. The number of amides is 2. The summed E-state index contributed by atoms with van der Waals surface area (Å²) in [5.74, 6) is -0.960. The number of Topliss-reactive ketones (excluding diaryl/α,β-unsaturated/α-hetero) is 1. The van der Waals surface area contributed by atoms with Gasteiger partial charge in [-0.2, -0.15) is 0 Å². The first-order valence-electron chi connectivity index (χ1n) is 10.6. The number of likely N-dealkylation sites (tertiary alicyclic amines) is 1. The molecule has 0 saturated carbocycles. The third-order valence-electron chi connectivity index (χ3n) is 6.07. The van der Waals surface area contributed by atoms with Crippen LogP contribution in [0.5, 0.6) is 0 Å². The molecule has 6 nitrogen and oxygen atoms in total. The summed E-state index contributed by atoms with van der Waals surface area (Å²) in [6.45, 7) is 9.06. The zero-order valence-corrected chi connectivity index (χ0v) is 17.9. The maximum Gasteiger partial charge on any atom is 0.295 e. The minimum atomic E-state index is -0.518. The van der Waals surface area contributed by atoms with Crippen molar-refractivity contribution in [1.29, 1.82) is 0 Å². The normalized spacial score (nSPS) is 19.4. The van der Waals surface area contributed by atoms with Crippen molar-refractivity contribution in [3.8, 4) is 0 Å².